The van der Waals surface area contributed by atoms with Gasteiger partial charge in [0.25, 0.3) is 0 Å². The van der Waals surface area contributed by atoms with Gasteiger partial charge in [0.05, 0.1) is 24.2 Å². The number of ketones is 1. The molecule has 0 saturated carbocycles. The number of hydrogen-bond acceptors (Lipinski definition) is 5. The fourth-order valence-corrected chi connectivity index (χ4v) is 4.85. The Morgan fingerprint density at radius 3 is 2.58 bits per heavy atom. The Balaban J connectivity index is 1.61. The van der Waals surface area contributed by atoms with Gasteiger partial charge in [0, 0.05) is 23.4 Å². The minimum atomic E-state index is -0.503. The standard InChI is InChI=1S/C27H27N3O3/c1-27(2)15-20-25(22(31)16-27)26(23-13-8-14-33-23)30(21-12-7-6-11-19(21)29-20)17-24(32)28-18-9-4-3-5-10-18/h3-14,26,29H,15-17H2,1-2H3,(H,28,32)/t26-/m1/s1. The van der Waals surface area contributed by atoms with Gasteiger partial charge in [-0.3, -0.25) is 9.59 Å². The number of nitrogens with one attached hydrogen (secondary N) is 2. The fraction of sp³-hybridized carbons (Fsp3) is 0.259. The van der Waals surface area contributed by atoms with Gasteiger partial charge in [-0.1, -0.05) is 44.2 Å². The van der Waals surface area contributed by atoms with E-state index < -0.39 is 6.04 Å². The number of hydrogen-bond donors (Lipinski definition) is 2. The van der Waals surface area contributed by atoms with Crippen LogP contribution >= 0.6 is 0 Å². The lowest BCUT2D eigenvalue weighted by atomic mass is 9.74. The van der Waals surface area contributed by atoms with Gasteiger partial charge in [0.2, 0.25) is 5.91 Å². The number of fused-ring (bicyclic) bond motifs is 1. The lowest BCUT2D eigenvalue weighted by molar-refractivity contribution is -0.119. The highest BCUT2D eigenvalue weighted by Crippen LogP contribution is 2.48. The first-order chi connectivity index (χ1) is 15.9. The second-order valence-corrected chi connectivity index (χ2v) is 9.44. The lowest BCUT2D eigenvalue weighted by Crippen LogP contribution is -2.40. The first kappa shape index (κ1) is 21.1. The van der Waals surface area contributed by atoms with E-state index in [2.05, 4.69) is 24.5 Å². The van der Waals surface area contributed by atoms with Crippen molar-refractivity contribution < 1.29 is 14.0 Å². The Morgan fingerprint density at radius 1 is 1.06 bits per heavy atom. The Kier molecular flexibility index (Phi) is 5.29. The molecule has 1 aliphatic heterocycles. The summed E-state index contributed by atoms with van der Waals surface area (Å²) in [5, 5.41) is 6.51. The first-order valence-electron chi connectivity index (χ1n) is 11.2. The van der Waals surface area contributed by atoms with Crippen LogP contribution in [0.3, 0.4) is 0 Å². The van der Waals surface area contributed by atoms with E-state index in [9.17, 15) is 9.59 Å². The van der Waals surface area contributed by atoms with E-state index in [4.69, 9.17) is 4.42 Å². The van der Waals surface area contributed by atoms with Crippen molar-refractivity contribution in [3.63, 3.8) is 0 Å². The van der Waals surface area contributed by atoms with Crippen LogP contribution < -0.4 is 15.5 Å². The summed E-state index contributed by atoms with van der Waals surface area (Å²) >= 11 is 0. The van der Waals surface area contributed by atoms with E-state index in [1.807, 2.05) is 71.6 Å². The van der Waals surface area contributed by atoms with Gasteiger partial charge >= 0.3 is 0 Å². The summed E-state index contributed by atoms with van der Waals surface area (Å²) in [6.07, 6.45) is 2.80. The zero-order valence-corrected chi connectivity index (χ0v) is 18.8. The zero-order valence-electron chi connectivity index (χ0n) is 18.8. The molecule has 0 fully saturated rings. The van der Waals surface area contributed by atoms with E-state index in [0.717, 1.165) is 29.2 Å². The van der Waals surface area contributed by atoms with E-state index in [1.165, 1.54) is 0 Å². The van der Waals surface area contributed by atoms with Crippen LogP contribution in [0.5, 0.6) is 0 Å². The minimum Gasteiger partial charge on any atom is -0.467 e. The molecule has 0 unspecified atom stereocenters. The van der Waals surface area contributed by atoms with E-state index in [-0.39, 0.29) is 23.7 Å². The van der Waals surface area contributed by atoms with Crippen LogP contribution in [0.4, 0.5) is 17.1 Å². The topological polar surface area (TPSA) is 74.6 Å². The molecule has 0 radical (unpaired) electrons. The molecule has 1 aromatic heterocycles. The average molecular weight is 442 g/mol. The highest BCUT2D eigenvalue weighted by Gasteiger charge is 2.42. The predicted octanol–water partition coefficient (Wildman–Crippen LogP) is 5.53. The van der Waals surface area contributed by atoms with Crippen LogP contribution in [0.15, 0.2) is 88.7 Å². The predicted molar refractivity (Wildman–Crippen MR) is 129 cm³/mol. The Hall–Kier alpha value is -3.80. The summed E-state index contributed by atoms with van der Waals surface area (Å²) in [6.45, 7) is 4.28. The van der Waals surface area contributed by atoms with Crippen LogP contribution in [0.2, 0.25) is 0 Å². The maximum atomic E-state index is 13.5. The van der Waals surface area contributed by atoms with Crippen LogP contribution in [-0.2, 0) is 9.59 Å². The summed E-state index contributed by atoms with van der Waals surface area (Å²) < 4.78 is 5.84. The zero-order chi connectivity index (χ0) is 23.0. The lowest BCUT2D eigenvalue weighted by Gasteiger charge is -2.36. The number of benzene rings is 2. The summed E-state index contributed by atoms with van der Waals surface area (Å²) in [5.74, 6) is 0.554. The second-order valence-electron chi connectivity index (χ2n) is 9.44. The number of carbonyl (C=O) groups is 2. The highest BCUT2D eigenvalue weighted by molar-refractivity contribution is 6.02. The molecule has 6 nitrogen and oxygen atoms in total. The molecule has 0 spiro atoms. The molecule has 5 rings (SSSR count). The molecule has 2 heterocycles. The van der Waals surface area contributed by atoms with Gasteiger partial charge in [0.15, 0.2) is 5.78 Å². The number of para-hydroxylation sites is 3. The fourth-order valence-electron chi connectivity index (χ4n) is 4.85. The van der Waals surface area contributed by atoms with E-state index >= 15 is 0 Å². The van der Waals surface area contributed by atoms with Gasteiger partial charge in [-0.15, -0.1) is 0 Å². The number of allylic oxidation sites excluding steroid dienone is 1. The normalized spacial score (nSPS) is 19.3. The van der Waals surface area contributed by atoms with Crippen molar-refractivity contribution in [2.45, 2.75) is 32.7 Å². The van der Waals surface area contributed by atoms with Crippen molar-refractivity contribution in [3.8, 4) is 0 Å². The van der Waals surface area contributed by atoms with Crippen molar-refractivity contribution >= 4 is 28.8 Å². The molecule has 2 aromatic carbocycles. The van der Waals surface area contributed by atoms with Crippen molar-refractivity contribution in [2.75, 3.05) is 22.1 Å². The second kappa shape index (κ2) is 8.28. The summed E-state index contributed by atoms with van der Waals surface area (Å²) in [7, 11) is 0. The molecular formula is C27H27N3O3. The number of Topliss-reactive ketones (excluding diaryl/α,β-unsaturated/α-hetero) is 1. The molecular weight excluding hydrogens is 414 g/mol. The molecule has 6 heteroatoms. The van der Waals surface area contributed by atoms with Gasteiger partial charge in [-0.2, -0.15) is 0 Å². The van der Waals surface area contributed by atoms with Gasteiger partial charge in [-0.05, 0) is 48.2 Å². The van der Waals surface area contributed by atoms with Gasteiger partial charge in [-0.25, -0.2) is 0 Å². The number of amides is 1. The Labute approximate surface area is 193 Å². The third kappa shape index (κ3) is 4.16. The third-order valence-corrected chi connectivity index (χ3v) is 6.19. The quantitative estimate of drug-likeness (QED) is 0.556. The molecule has 0 bridgehead atoms. The SMILES string of the molecule is CC1(C)CC(=O)C2=C(C1)Nc1ccccc1N(CC(=O)Nc1ccccc1)[C@@H]2c1ccco1. The number of furan rings is 1. The van der Waals surface area contributed by atoms with Crippen molar-refractivity contribution in [1.82, 2.24) is 0 Å². The summed E-state index contributed by atoms with van der Waals surface area (Å²) in [6, 6.07) is 20.4. The van der Waals surface area contributed by atoms with E-state index in [0.29, 0.717) is 17.8 Å². The molecule has 1 aliphatic carbocycles. The number of anilines is 3. The van der Waals surface area contributed by atoms with Gasteiger partial charge < -0.3 is 20.0 Å². The first-order valence-corrected chi connectivity index (χ1v) is 11.2. The molecule has 0 saturated heterocycles. The van der Waals surface area contributed by atoms with Crippen LogP contribution in [0.25, 0.3) is 0 Å². The third-order valence-electron chi connectivity index (χ3n) is 6.19. The number of rotatable bonds is 4. The van der Waals surface area contributed by atoms with Crippen LogP contribution in [0, 0.1) is 5.41 Å². The molecule has 33 heavy (non-hydrogen) atoms. The average Bonchev–Trinajstić information content (AvgIpc) is 3.26. The molecule has 2 aliphatic rings. The molecule has 3 aromatic rings. The van der Waals surface area contributed by atoms with Crippen LogP contribution in [0.1, 0.15) is 38.5 Å². The van der Waals surface area contributed by atoms with Crippen LogP contribution in [-0.4, -0.2) is 18.2 Å². The largest absolute Gasteiger partial charge is 0.467 e. The van der Waals surface area contributed by atoms with Crippen molar-refractivity contribution in [1.29, 1.82) is 0 Å². The number of nitrogens with zero attached hydrogens (tertiary/aromatic N) is 1. The maximum Gasteiger partial charge on any atom is 0.243 e. The molecule has 168 valence electrons. The Bertz CT molecular complexity index is 1210. The summed E-state index contributed by atoms with van der Waals surface area (Å²) in [5.41, 5.74) is 3.88. The highest BCUT2D eigenvalue weighted by atomic mass is 16.3. The van der Waals surface area contributed by atoms with Crippen molar-refractivity contribution in [2.24, 2.45) is 5.41 Å². The van der Waals surface area contributed by atoms with E-state index in [1.54, 1.807) is 6.26 Å². The van der Waals surface area contributed by atoms with Crippen molar-refractivity contribution in [3.05, 3.63) is 90.0 Å². The molecule has 1 amide bonds. The molecule has 2 N–H and O–H groups in total. The maximum absolute atomic E-state index is 13.5. The molecule has 1 atom stereocenters. The monoisotopic (exact) mass is 441 g/mol. The number of carbonyl (C=O) groups excluding carboxylic acids is 2. The minimum absolute atomic E-state index is 0.0619. The Morgan fingerprint density at radius 2 is 1.82 bits per heavy atom. The smallest absolute Gasteiger partial charge is 0.243 e. The summed E-state index contributed by atoms with van der Waals surface area (Å²) in [4.78, 5) is 28.6. The van der Waals surface area contributed by atoms with Gasteiger partial charge in [0.1, 0.15) is 11.8 Å².